The van der Waals surface area contributed by atoms with E-state index < -0.39 is 0 Å². The Kier molecular flexibility index (Phi) is 30.6. The molecule has 0 N–H and O–H groups in total. The highest BCUT2D eigenvalue weighted by atomic mass is 15.6. The fraction of sp³-hybridized carbons (Fsp3) is 1.00. The molecule has 0 saturated carbocycles. The van der Waals surface area contributed by atoms with Crippen molar-refractivity contribution in [2.45, 2.75) is 276 Å². The van der Waals surface area contributed by atoms with E-state index in [4.69, 9.17) is 0 Å². The van der Waals surface area contributed by atoms with Gasteiger partial charge in [-0.1, -0.05) is 124 Å². The van der Waals surface area contributed by atoms with Crippen LogP contribution in [-0.2, 0) is 0 Å². The lowest BCUT2D eigenvalue weighted by atomic mass is 10.1. The van der Waals surface area contributed by atoms with Crippen LogP contribution in [0.5, 0.6) is 0 Å². The van der Waals surface area contributed by atoms with Crippen LogP contribution >= 0.6 is 0 Å². The van der Waals surface area contributed by atoms with Crippen molar-refractivity contribution in [3.05, 3.63) is 0 Å². The summed E-state index contributed by atoms with van der Waals surface area (Å²) in [6.45, 7) is 84.0. The normalized spacial score (nSPS) is 30.8. The first-order valence-corrected chi connectivity index (χ1v) is 40.4. The van der Waals surface area contributed by atoms with Crippen LogP contribution in [0.15, 0.2) is 0 Å². The van der Waals surface area contributed by atoms with E-state index in [0.29, 0.717) is 0 Å². The van der Waals surface area contributed by atoms with Gasteiger partial charge in [0, 0.05) is 123 Å². The molecule has 0 amide bonds. The Morgan fingerprint density at radius 3 is 1.03 bits per heavy atom. The third-order valence-corrected chi connectivity index (χ3v) is 25.1. The van der Waals surface area contributed by atoms with Crippen molar-refractivity contribution in [1.29, 1.82) is 0 Å². The van der Waals surface area contributed by atoms with E-state index in [1.165, 1.54) is 340 Å². The predicted molar refractivity (Wildman–Crippen MR) is 388 cm³/mol. The van der Waals surface area contributed by atoms with E-state index in [2.05, 4.69) is 154 Å². The number of hydrogen-bond acceptors (Lipinski definition) is 6. The molecule has 0 aromatic heterocycles. The summed E-state index contributed by atoms with van der Waals surface area (Å²) >= 11 is 0. The van der Waals surface area contributed by atoms with Gasteiger partial charge in [-0.2, -0.15) is 0 Å². The SMILES string of the molecule is CC(C)CN1CC(C)[N+]2(CCCC2)C1.CC(C)CN1C[N+]2(CCCC2)CC1C.CCC1CN(CC(C)C)C[N+]12CCCC2.CCC1C[N+]2(CCCC2)CN1CC(C)C.CCCC1CN(CC(C)C)C[N+]12CCCC2.CCCC1C[N+]2(CCCC2)CN1CC(C)C. The minimum absolute atomic E-state index is 0.815. The van der Waals surface area contributed by atoms with Crippen molar-refractivity contribution in [2.24, 2.45) is 35.5 Å². The van der Waals surface area contributed by atoms with Gasteiger partial charge >= 0.3 is 0 Å². The molecule has 12 heteroatoms. The monoisotopic (exact) mass is 1270 g/mol. The van der Waals surface area contributed by atoms with Crippen molar-refractivity contribution in [1.82, 2.24) is 29.4 Å². The zero-order valence-electron chi connectivity index (χ0n) is 64.2. The van der Waals surface area contributed by atoms with Crippen LogP contribution in [0.25, 0.3) is 0 Å². The Labute approximate surface area is 562 Å². The summed E-state index contributed by atoms with van der Waals surface area (Å²) in [5.41, 5.74) is 0. The smallest absolute Gasteiger partial charge is 0.135 e. The minimum atomic E-state index is 0.815. The molecule has 12 heterocycles. The second-order valence-electron chi connectivity index (χ2n) is 36.5. The van der Waals surface area contributed by atoms with Gasteiger partial charge in [0.2, 0.25) is 0 Å². The Bertz CT molecular complexity index is 1950. The van der Waals surface area contributed by atoms with Crippen molar-refractivity contribution in [3.8, 4) is 0 Å². The lowest BCUT2D eigenvalue weighted by Crippen LogP contribution is -2.50. The van der Waals surface area contributed by atoms with Gasteiger partial charge < -0.3 is 26.9 Å². The molecule has 6 unspecified atom stereocenters. The van der Waals surface area contributed by atoms with Gasteiger partial charge in [-0.15, -0.1) is 0 Å². The quantitative estimate of drug-likeness (QED) is 0.127. The molecule has 12 fully saturated rings. The van der Waals surface area contributed by atoms with Crippen LogP contribution in [0.4, 0.5) is 0 Å². The van der Waals surface area contributed by atoms with Crippen LogP contribution in [0.2, 0.25) is 0 Å². The molecule has 12 saturated heterocycles. The second kappa shape index (κ2) is 35.9. The summed E-state index contributed by atoms with van der Waals surface area (Å²) in [5, 5.41) is 0. The Hall–Kier alpha value is -0.480. The molecule has 0 bridgehead atoms. The maximum absolute atomic E-state index is 2.79. The third kappa shape index (κ3) is 21.5. The molecule has 12 aliphatic heterocycles. The molecular formula is C78H162N12+6. The maximum Gasteiger partial charge on any atom is 0.135 e. The molecule has 0 aliphatic carbocycles. The van der Waals surface area contributed by atoms with Crippen LogP contribution in [0.3, 0.4) is 0 Å². The van der Waals surface area contributed by atoms with E-state index in [-0.39, 0.29) is 0 Å². The number of hydrogen-bond donors (Lipinski definition) is 0. The molecule has 90 heavy (non-hydrogen) atoms. The standard InChI is InChI=1S/2C14H29N2.2C13H27N2.2C12H25N2/c1-4-7-14-11-16(8-5-6-9-16)12-15(14)10-13(2)3;1-4-7-14-11-15(10-13(2)3)12-16(14)8-5-6-9-16;1-4-13-10-15(7-5-6-8-15)11-14(13)9-12(2)3;1-4-13-10-14(9-12(2)3)11-15(13)7-5-6-8-15;1-11(2)8-13-10-14(9-12(13)3)6-4-5-7-14;1-11(2)8-13-9-12(3)14(10-13)6-4-5-7-14/h2*13-14H,4-12H2,1-3H3;2*12-13H,4-11H2,1-3H3;2*11-12H,4-10H2,1-3H3/q6*+1. The molecule has 528 valence electrons. The molecule has 12 nitrogen and oxygen atoms in total. The molecule has 0 radical (unpaired) electrons. The zero-order valence-corrected chi connectivity index (χ0v) is 64.2. The first-order valence-electron chi connectivity index (χ1n) is 40.4. The summed E-state index contributed by atoms with van der Waals surface area (Å²) in [7, 11) is 0. The zero-order chi connectivity index (χ0) is 65.3. The van der Waals surface area contributed by atoms with Gasteiger partial charge in [-0.3, -0.25) is 14.7 Å². The van der Waals surface area contributed by atoms with Crippen LogP contribution in [0.1, 0.15) is 240 Å². The molecular weight excluding hydrogens is 1100 g/mol. The molecule has 6 atom stereocenters. The summed E-state index contributed by atoms with van der Waals surface area (Å²) in [4.78, 5) is 16.4. The predicted octanol–water partition coefficient (Wildman–Crippen LogP) is 13.8. The van der Waals surface area contributed by atoms with Crippen LogP contribution < -0.4 is 0 Å². The first kappa shape index (κ1) is 76.9. The van der Waals surface area contributed by atoms with Gasteiger partial charge in [0.05, 0.1) is 136 Å². The minimum Gasteiger partial charge on any atom is -0.310 e. The Balaban J connectivity index is 0.000000154. The average molecular weight is 1270 g/mol. The van der Waals surface area contributed by atoms with Gasteiger partial charge in [0.25, 0.3) is 0 Å². The van der Waals surface area contributed by atoms with Crippen molar-refractivity contribution < 1.29 is 26.9 Å². The molecule has 12 rings (SSSR count). The highest BCUT2D eigenvalue weighted by Crippen LogP contribution is 2.37. The van der Waals surface area contributed by atoms with E-state index in [1.54, 1.807) is 0 Å². The third-order valence-electron chi connectivity index (χ3n) is 25.1. The van der Waals surface area contributed by atoms with Crippen LogP contribution in [0, 0.1) is 35.5 Å². The van der Waals surface area contributed by atoms with Crippen molar-refractivity contribution >= 4 is 0 Å². The topological polar surface area (TPSA) is 19.4 Å². The summed E-state index contributed by atoms with van der Waals surface area (Å²) in [6.07, 6.45) is 25.8. The van der Waals surface area contributed by atoms with Gasteiger partial charge in [-0.05, 0) is 68.6 Å². The highest BCUT2D eigenvalue weighted by molar-refractivity contribution is 4.82. The first-order chi connectivity index (χ1) is 42.9. The summed E-state index contributed by atoms with van der Waals surface area (Å²) < 4.78 is 8.55. The van der Waals surface area contributed by atoms with Gasteiger partial charge in [0.15, 0.2) is 0 Å². The molecule has 0 aromatic rings. The summed E-state index contributed by atoms with van der Waals surface area (Å²) in [5.74, 6) is 4.92. The lowest BCUT2D eigenvalue weighted by Gasteiger charge is -2.35. The van der Waals surface area contributed by atoms with E-state index in [0.717, 1.165) is 71.8 Å². The van der Waals surface area contributed by atoms with Gasteiger partial charge in [-0.25, -0.2) is 14.7 Å². The van der Waals surface area contributed by atoms with E-state index >= 15 is 0 Å². The molecule has 6 spiro atoms. The Morgan fingerprint density at radius 1 is 0.311 bits per heavy atom. The summed E-state index contributed by atoms with van der Waals surface area (Å²) in [6, 6.07) is 5.33. The van der Waals surface area contributed by atoms with Crippen molar-refractivity contribution in [3.63, 3.8) is 0 Å². The fourth-order valence-corrected chi connectivity index (χ4v) is 21.4. The average Bonchev–Trinajstić information content (AvgIpc) is 1.73. The van der Waals surface area contributed by atoms with Crippen LogP contribution in [-0.4, -0.2) is 290 Å². The van der Waals surface area contributed by atoms with E-state index in [1.807, 2.05) is 0 Å². The van der Waals surface area contributed by atoms with E-state index in [9.17, 15) is 0 Å². The number of quaternary nitrogens is 6. The fourth-order valence-electron chi connectivity index (χ4n) is 21.4. The number of nitrogens with zero attached hydrogens (tertiary/aromatic N) is 12. The largest absolute Gasteiger partial charge is 0.310 e. The van der Waals surface area contributed by atoms with Crippen molar-refractivity contribution in [2.75, 3.05) is 197 Å². The molecule has 12 aliphatic rings. The number of rotatable bonds is 18. The van der Waals surface area contributed by atoms with Gasteiger partial charge in [0.1, 0.15) is 58.1 Å². The maximum atomic E-state index is 2.79. The highest BCUT2D eigenvalue weighted by Gasteiger charge is 2.50. The molecule has 0 aromatic carbocycles. The lowest BCUT2D eigenvalue weighted by molar-refractivity contribution is -0.931. The Morgan fingerprint density at radius 2 is 0.633 bits per heavy atom. The second-order valence-corrected chi connectivity index (χ2v) is 36.5.